The number of hydrogen-bond acceptors (Lipinski definition) is 7. The Hall–Kier alpha value is -2.69. The van der Waals surface area contributed by atoms with E-state index in [-0.39, 0.29) is 4.90 Å². The third kappa shape index (κ3) is 4.11. The summed E-state index contributed by atoms with van der Waals surface area (Å²) in [6.45, 7) is 1.97. The summed E-state index contributed by atoms with van der Waals surface area (Å²) in [5, 5.41) is 13.4. The van der Waals surface area contributed by atoms with Crippen molar-refractivity contribution in [1.82, 2.24) is 29.8 Å². The zero-order chi connectivity index (χ0) is 21.3. The number of hydrogen-bond donors (Lipinski definition) is 0. The first-order chi connectivity index (χ1) is 14.3. The maximum atomic E-state index is 11.7. The van der Waals surface area contributed by atoms with Crippen LogP contribution in [0.4, 0.5) is 0 Å². The summed E-state index contributed by atoms with van der Waals surface area (Å²) in [5.41, 5.74) is 2.60. The van der Waals surface area contributed by atoms with E-state index in [9.17, 15) is 8.42 Å². The summed E-state index contributed by atoms with van der Waals surface area (Å²) in [5.74, 6) is 1.08. The number of thioether (sulfide) groups is 1. The van der Waals surface area contributed by atoms with Gasteiger partial charge in [0.05, 0.1) is 22.0 Å². The molecule has 0 N–H and O–H groups in total. The lowest BCUT2D eigenvalue weighted by Crippen LogP contribution is -2.04. The average Bonchev–Trinajstić information content (AvgIpc) is 3.37. The van der Waals surface area contributed by atoms with Crippen LogP contribution >= 0.6 is 23.4 Å². The molecule has 8 nitrogen and oxygen atoms in total. The van der Waals surface area contributed by atoms with E-state index in [1.807, 2.05) is 35.9 Å². The van der Waals surface area contributed by atoms with Gasteiger partial charge < -0.3 is 0 Å². The number of sulfone groups is 1. The Morgan fingerprint density at radius 2 is 1.90 bits per heavy atom. The van der Waals surface area contributed by atoms with Crippen molar-refractivity contribution in [2.75, 3.05) is 6.26 Å². The van der Waals surface area contributed by atoms with Gasteiger partial charge in [0.15, 0.2) is 20.8 Å². The van der Waals surface area contributed by atoms with Gasteiger partial charge in [-0.05, 0) is 59.3 Å². The predicted molar refractivity (Wildman–Crippen MR) is 115 cm³/mol. The smallest absolute Gasteiger partial charge is 0.175 e. The van der Waals surface area contributed by atoms with Crippen LogP contribution in [0.25, 0.3) is 11.4 Å². The lowest BCUT2D eigenvalue weighted by Gasteiger charge is -2.11. The average molecular weight is 461 g/mol. The summed E-state index contributed by atoms with van der Waals surface area (Å²) in [6.07, 6.45) is 4.79. The minimum absolute atomic E-state index is 0.245. The molecule has 0 bridgehead atoms. The highest BCUT2D eigenvalue weighted by Gasteiger charge is 2.14. The fourth-order valence-corrected chi connectivity index (χ4v) is 4.57. The normalized spacial score (nSPS) is 11.7. The van der Waals surface area contributed by atoms with Gasteiger partial charge in [-0.3, -0.25) is 4.57 Å². The third-order valence-electron chi connectivity index (χ3n) is 4.48. The van der Waals surface area contributed by atoms with Crippen LogP contribution in [0.5, 0.6) is 0 Å². The van der Waals surface area contributed by atoms with Gasteiger partial charge >= 0.3 is 0 Å². The van der Waals surface area contributed by atoms with Crippen LogP contribution in [-0.4, -0.2) is 44.4 Å². The Morgan fingerprint density at radius 3 is 2.63 bits per heavy atom. The molecule has 0 saturated heterocycles. The molecule has 0 atom stereocenters. The molecule has 0 radical (unpaired) electrons. The van der Waals surface area contributed by atoms with E-state index < -0.39 is 9.84 Å². The topological polar surface area (TPSA) is 95.6 Å². The second-order valence-corrected chi connectivity index (χ2v) is 9.89. The molecule has 154 valence electrons. The Labute approximate surface area is 182 Å². The van der Waals surface area contributed by atoms with E-state index in [0.29, 0.717) is 22.3 Å². The van der Waals surface area contributed by atoms with Crippen LogP contribution in [0.3, 0.4) is 0 Å². The van der Waals surface area contributed by atoms with Crippen LogP contribution in [0.2, 0.25) is 5.02 Å². The van der Waals surface area contributed by atoms with E-state index in [1.54, 1.807) is 23.0 Å². The molecule has 30 heavy (non-hydrogen) atoms. The quantitative estimate of drug-likeness (QED) is 0.406. The number of rotatable bonds is 6. The highest BCUT2D eigenvalue weighted by atomic mass is 35.5. The molecular weight excluding hydrogens is 444 g/mol. The van der Waals surface area contributed by atoms with Gasteiger partial charge in [0.2, 0.25) is 0 Å². The third-order valence-corrected chi connectivity index (χ3v) is 6.98. The first-order valence-corrected chi connectivity index (χ1v) is 12.1. The molecule has 2 heterocycles. The van der Waals surface area contributed by atoms with Crippen molar-refractivity contribution in [3.8, 4) is 11.4 Å². The first-order valence-electron chi connectivity index (χ1n) is 8.84. The summed E-state index contributed by atoms with van der Waals surface area (Å²) in [4.78, 5) is 4.69. The minimum atomic E-state index is -3.26. The number of halogens is 1. The van der Waals surface area contributed by atoms with Crippen molar-refractivity contribution < 1.29 is 8.42 Å². The second kappa shape index (κ2) is 8.21. The molecule has 2 aromatic heterocycles. The Kier molecular flexibility index (Phi) is 5.63. The van der Waals surface area contributed by atoms with Crippen LogP contribution in [0, 0.1) is 6.92 Å². The molecule has 11 heteroatoms. The Morgan fingerprint density at radius 1 is 1.13 bits per heavy atom. The Balaban J connectivity index is 1.57. The van der Waals surface area contributed by atoms with Gasteiger partial charge in [-0.1, -0.05) is 29.4 Å². The number of aromatic nitrogens is 6. The van der Waals surface area contributed by atoms with Gasteiger partial charge in [-0.15, -0.1) is 5.10 Å². The monoisotopic (exact) mass is 460 g/mol. The van der Waals surface area contributed by atoms with E-state index in [0.717, 1.165) is 16.4 Å². The SMILES string of the molecule is Cc1c(Cl)cccc1-n1ccnc1SCc1nnnn1-c1ccc(S(C)(=O)=O)cc1. The fraction of sp³-hybridized carbons (Fsp3) is 0.158. The molecular formula is C19H17ClN6O2S2. The van der Waals surface area contributed by atoms with Gasteiger partial charge in [-0.2, -0.15) is 4.68 Å². The molecule has 0 aliphatic carbocycles. The maximum Gasteiger partial charge on any atom is 0.175 e. The van der Waals surface area contributed by atoms with E-state index in [2.05, 4.69) is 20.5 Å². The number of imidazole rings is 1. The van der Waals surface area contributed by atoms with Crippen LogP contribution < -0.4 is 0 Å². The molecule has 4 aromatic rings. The molecule has 0 saturated carbocycles. The zero-order valence-corrected chi connectivity index (χ0v) is 18.5. The largest absolute Gasteiger partial charge is 0.295 e. The van der Waals surface area contributed by atoms with E-state index in [4.69, 9.17) is 11.6 Å². The molecule has 2 aromatic carbocycles. The fourth-order valence-electron chi connectivity index (χ4n) is 2.90. The number of tetrazole rings is 1. The molecule has 0 amide bonds. The lowest BCUT2D eigenvalue weighted by molar-refractivity contribution is 0.602. The van der Waals surface area contributed by atoms with Crippen molar-refractivity contribution in [2.45, 2.75) is 22.7 Å². The van der Waals surface area contributed by atoms with Crippen LogP contribution in [0.15, 0.2) is 64.9 Å². The highest BCUT2D eigenvalue weighted by molar-refractivity contribution is 7.98. The van der Waals surface area contributed by atoms with Gasteiger partial charge in [0, 0.05) is 23.7 Å². The van der Waals surface area contributed by atoms with Crippen LogP contribution in [0.1, 0.15) is 11.4 Å². The first kappa shape index (κ1) is 20.6. The molecule has 0 unspecified atom stereocenters. The van der Waals surface area contributed by atoms with E-state index >= 15 is 0 Å². The lowest BCUT2D eigenvalue weighted by atomic mass is 10.2. The maximum absolute atomic E-state index is 11.7. The van der Waals surface area contributed by atoms with Crippen molar-refractivity contribution in [3.63, 3.8) is 0 Å². The minimum Gasteiger partial charge on any atom is -0.295 e. The highest BCUT2D eigenvalue weighted by Crippen LogP contribution is 2.28. The van der Waals surface area contributed by atoms with Gasteiger partial charge in [0.25, 0.3) is 0 Å². The predicted octanol–water partition coefficient (Wildman–Crippen LogP) is 3.51. The van der Waals surface area contributed by atoms with Crippen molar-refractivity contribution >= 4 is 33.2 Å². The number of nitrogens with zero attached hydrogens (tertiary/aromatic N) is 6. The summed E-state index contributed by atoms with van der Waals surface area (Å²) < 4.78 is 26.9. The number of benzene rings is 2. The standard InChI is InChI=1S/C19H17ClN6O2S2/c1-13-16(20)4-3-5-17(13)25-11-10-21-19(25)29-12-18-22-23-24-26(18)14-6-8-15(9-7-14)30(2,27)28/h3-11H,12H2,1-2H3. The molecule has 4 rings (SSSR count). The summed E-state index contributed by atoms with van der Waals surface area (Å²) >= 11 is 7.75. The summed E-state index contributed by atoms with van der Waals surface area (Å²) in [7, 11) is -3.26. The van der Waals surface area contributed by atoms with Crippen LogP contribution in [-0.2, 0) is 15.6 Å². The zero-order valence-electron chi connectivity index (χ0n) is 16.1. The van der Waals surface area contributed by atoms with Gasteiger partial charge in [-0.25, -0.2) is 13.4 Å². The second-order valence-electron chi connectivity index (χ2n) is 6.53. The molecule has 0 aliphatic rings. The van der Waals surface area contributed by atoms with Crippen molar-refractivity contribution in [1.29, 1.82) is 0 Å². The molecule has 0 spiro atoms. The van der Waals surface area contributed by atoms with E-state index in [1.165, 1.54) is 30.2 Å². The Bertz CT molecular complexity index is 1300. The van der Waals surface area contributed by atoms with Gasteiger partial charge in [0.1, 0.15) is 0 Å². The molecule has 0 aliphatic heterocycles. The molecule has 0 fully saturated rings. The summed E-state index contributed by atoms with van der Waals surface area (Å²) in [6, 6.07) is 12.2. The van der Waals surface area contributed by atoms with Crippen molar-refractivity contribution in [2.24, 2.45) is 0 Å². The van der Waals surface area contributed by atoms with Crippen molar-refractivity contribution in [3.05, 3.63) is 71.3 Å².